The normalized spacial score (nSPS) is 20.5. The average Bonchev–Trinajstić information content (AvgIpc) is 3.11. The third-order valence-electron chi connectivity index (χ3n) is 4.79. The maximum atomic E-state index is 13.7. The number of thioether (sulfide) groups is 1. The molecule has 0 N–H and O–H groups in total. The minimum Gasteiger partial charge on any atom is -0.313 e. The van der Waals surface area contributed by atoms with Crippen molar-refractivity contribution < 1.29 is 18.4 Å². The zero-order valence-electron chi connectivity index (χ0n) is 15.8. The van der Waals surface area contributed by atoms with Crippen molar-refractivity contribution in [2.45, 2.75) is 56.2 Å². The summed E-state index contributed by atoms with van der Waals surface area (Å²) >= 11 is 1.43. The summed E-state index contributed by atoms with van der Waals surface area (Å²) in [4.78, 5) is 17.1. The SMILES string of the molecule is CCOP(=O)(OCC)C(C)(C)[C@H]1[C@H](C(C)=O)Sc2nc3ccccc3n21. The van der Waals surface area contributed by atoms with Crippen LogP contribution < -0.4 is 0 Å². The van der Waals surface area contributed by atoms with E-state index in [2.05, 4.69) is 4.98 Å². The van der Waals surface area contributed by atoms with Crippen molar-refractivity contribution in [3.05, 3.63) is 24.3 Å². The summed E-state index contributed by atoms with van der Waals surface area (Å²) in [6.07, 6.45) is 0. The number of rotatable bonds is 7. The molecule has 0 spiro atoms. The van der Waals surface area contributed by atoms with Crippen LogP contribution >= 0.6 is 19.4 Å². The first-order valence-corrected chi connectivity index (χ1v) is 11.2. The van der Waals surface area contributed by atoms with Crippen LogP contribution in [0.15, 0.2) is 29.4 Å². The van der Waals surface area contributed by atoms with Crippen LogP contribution in [-0.4, -0.2) is 39.0 Å². The van der Waals surface area contributed by atoms with Crippen LogP contribution in [0.4, 0.5) is 0 Å². The van der Waals surface area contributed by atoms with Crippen molar-refractivity contribution in [2.24, 2.45) is 0 Å². The number of fused-ring (bicyclic) bond motifs is 3. The van der Waals surface area contributed by atoms with E-state index < -0.39 is 12.8 Å². The lowest BCUT2D eigenvalue weighted by atomic mass is 9.97. The molecule has 3 rings (SSSR count). The van der Waals surface area contributed by atoms with E-state index in [9.17, 15) is 9.36 Å². The number of Topliss-reactive ketones (excluding diaryl/α,β-unsaturated/α-hetero) is 1. The number of nitrogens with zero attached hydrogens (tertiary/aromatic N) is 2. The molecule has 26 heavy (non-hydrogen) atoms. The lowest BCUT2D eigenvalue weighted by Gasteiger charge is -2.39. The molecule has 1 aliphatic heterocycles. The lowest BCUT2D eigenvalue weighted by molar-refractivity contribution is -0.117. The highest BCUT2D eigenvalue weighted by atomic mass is 32.2. The number of ketones is 1. The number of para-hydroxylation sites is 2. The van der Waals surface area contributed by atoms with Gasteiger partial charge in [0.2, 0.25) is 0 Å². The Bertz CT molecular complexity index is 869. The van der Waals surface area contributed by atoms with Crippen molar-refractivity contribution in [3.63, 3.8) is 0 Å². The van der Waals surface area contributed by atoms with Crippen molar-refractivity contribution in [2.75, 3.05) is 13.2 Å². The van der Waals surface area contributed by atoms with Gasteiger partial charge in [-0.25, -0.2) is 4.98 Å². The monoisotopic (exact) mass is 396 g/mol. The van der Waals surface area contributed by atoms with Crippen LogP contribution in [0.1, 0.15) is 40.7 Å². The maximum Gasteiger partial charge on any atom is 0.338 e. The van der Waals surface area contributed by atoms with E-state index in [4.69, 9.17) is 9.05 Å². The molecule has 0 saturated heterocycles. The molecule has 0 bridgehead atoms. The highest BCUT2D eigenvalue weighted by Crippen LogP contribution is 2.67. The minimum atomic E-state index is -3.47. The number of aromatic nitrogens is 2. The second kappa shape index (κ2) is 7.12. The molecule has 0 radical (unpaired) electrons. The largest absolute Gasteiger partial charge is 0.338 e. The number of hydrogen-bond donors (Lipinski definition) is 0. The van der Waals surface area contributed by atoms with E-state index in [1.165, 1.54) is 11.8 Å². The molecular formula is C18H25N2O4PS. The van der Waals surface area contributed by atoms with Crippen LogP contribution in [0, 0.1) is 0 Å². The fourth-order valence-electron chi connectivity index (χ4n) is 3.55. The first-order valence-electron chi connectivity index (χ1n) is 8.80. The van der Waals surface area contributed by atoms with Crippen molar-refractivity contribution >= 4 is 36.2 Å². The highest BCUT2D eigenvalue weighted by Gasteiger charge is 2.56. The number of carbonyl (C=O) groups is 1. The molecule has 1 aliphatic rings. The molecule has 1 aromatic carbocycles. The molecule has 1 aromatic heterocycles. The Morgan fingerprint density at radius 2 is 1.88 bits per heavy atom. The molecular weight excluding hydrogens is 371 g/mol. The average molecular weight is 396 g/mol. The molecule has 0 aliphatic carbocycles. The number of carbonyl (C=O) groups excluding carboxylic acids is 1. The Kier molecular flexibility index (Phi) is 5.37. The smallest absolute Gasteiger partial charge is 0.313 e. The maximum absolute atomic E-state index is 13.7. The standard InChI is InChI=1S/C18H25N2O4PS/c1-6-23-25(22,24-7-2)18(4,5)16-15(12(3)21)26-17-19-13-10-8-9-11-14(13)20(16)17/h8-11,15-16H,6-7H2,1-5H3/t15-,16+/m0/s1. The van der Waals surface area contributed by atoms with Crippen molar-refractivity contribution in [3.8, 4) is 0 Å². The topological polar surface area (TPSA) is 70.4 Å². The van der Waals surface area contributed by atoms with E-state index in [-0.39, 0.29) is 30.3 Å². The third kappa shape index (κ3) is 2.95. The van der Waals surface area contributed by atoms with Crippen LogP contribution in [-0.2, 0) is 18.4 Å². The molecule has 142 valence electrons. The van der Waals surface area contributed by atoms with E-state index >= 15 is 0 Å². The van der Waals surface area contributed by atoms with Gasteiger partial charge in [-0.1, -0.05) is 23.9 Å². The molecule has 2 aromatic rings. The van der Waals surface area contributed by atoms with E-state index in [0.717, 1.165) is 16.2 Å². The Morgan fingerprint density at radius 1 is 1.27 bits per heavy atom. The first kappa shape index (κ1) is 19.6. The Morgan fingerprint density at radius 3 is 2.46 bits per heavy atom. The Balaban J connectivity index is 2.20. The van der Waals surface area contributed by atoms with Gasteiger partial charge >= 0.3 is 7.60 Å². The first-order chi connectivity index (χ1) is 12.3. The molecule has 2 heterocycles. The van der Waals surface area contributed by atoms with Gasteiger partial charge in [0, 0.05) is 0 Å². The number of imidazole rings is 1. The molecule has 0 fully saturated rings. The summed E-state index contributed by atoms with van der Waals surface area (Å²) in [7, 11) is -3.47. The van der Waals surface area contributed by atoms with E-state index in [1.54, 1.807) is 20.8 Å². The quantitative estimate of drug-likeness (QED) is 0.633. The number of hydrogen-bond acceptors (Lipinski definition) is 6. The van der Waals surface area contributed by atoms with Crippen LogP contribution in [0.2, 0.25) is 0 Å². The van der Waals surface area contributed by atoms with Gasteiger partial charge in [-0.15, -0.1) is 0 Å². The summed E-state index contributed by atoms with van der Waals surface area (Å²) < 4.78 is 27.0. The lowest BCUT2D eigenvalue weighted by Crippen LogP contribution is -2.40. The van der Waals surface area contributed by atoms with Gasteiger partial charge in [-0.05, 0) is 46.8 Å². The van der Waals surface area contributed by atoms with Crippen LogP contribution in [0.5, 0.6) is 0 Å². The van der Waals surface area contributed by atoms with E-state index in [1.807, 2.05) is 42.7 Å². The van der Waals surface area contributed by atoms with Crippen LogP contribution in [0.25, 0.3) is 11.0 Å². The predicted molar refractivity (Wildman–Crippen MR) is 104 cm³/mol. The summed E-state index contributed by atoms with van der Waals surface area (Å²) in [5.41, 5.74) is 1.79. The van der Waals surface area contributed by atoms with Crippen molar-refractivity contribution in [1.29, 1.82) is 0 Å². The number of benzene rings is 1. The fraction of sp³-hybridized carbons (Fsp3) is 0.556. The van der Waals surface area contributed by atoms with Crippen molar-refractivity contribution in [1.82, 2.24) is 9.55 Å². The van der Waals surface area contributed by atoms with Crippen LogP contribution in [0.3, 0.4) is 0 Å². The molecule has 2 atom stereocenters. The minimum absolute atomic E-state index is 0.0298. The molecule has 0 saturated carbocycles. The predicted octanol–water partition coefficient (Wildman–Crippen LogP) is 4.69. The molecule has 0 amide bonds. The van der Waals surface area contributed by atoms with Gasteiger partial charge < -0.3 is 13.6 Å². The van der Waals surface area contributed by atoms with Gasteiger partial charge in [0.25, 0.3) is 0 Å². The Labute approximate surface area is 158 Å². The summed E-state index contributed by atoms with van der Waals surface area (Å²) in [6, 6.07) is 7.42. The molecule has 6 nitrogen and oxygen atoms in total. The highest BCUT2D eigenvalue weighted by molar-refractivity contribution is 8.00. The zero-order chi connectivity index (χ0) is 19.1. The molecule has 0 unspecified atom stereocenters. The van der Waals surface area contributed by atoms with Gasteiger partial charge in [-0.2, -0.15) is 0 Å². The van der Waals surface area contributed by atoms with Gasteiger partial charge in [-0.3, -0.25) is 9.36 Å². The molecule has 8 heteroatoms. The summed E-state index contributed by atoms with van der Waals surface area (Å²) in [6.45, 7) is 9.46. The third-order valence-corrected chi connectivity index (χ3v) is 9.00. The summed E-state index contributed by atoms with van der Waals surface area (Å²) in [5.74, 6) is 0.0298. The zero-order valence-corrected chi connectivity index (χ0v) is 17.5. The fourth-order valence-corrected chi connectivity index (χ4v) is 7.12. The van der Waals surface area contributed by atoms with E-state index in [0.29, 0.717) is 0 Å². The second-order valence-electron chi connectivity index (χ2n) is 6.83. The second-order valence-corrected chi connectivity index (χ2v) is 10.6. The van der Waals surface area contributed by atoms with Gasteiger partial charge in [0.15, 0.2) is 5.16 Å². The Hall–Kier alpha value is -1.14. The van der Waals surface area contributed by atoms with Gasteiger partial charge in [0.05, 0.1) is 40.7 Å². The summed E-state index contributed by atoms with van der Waals surface area (Å²) in [5, 5.41) is -0.521. The van der Waals surface area contributed by atoms with Gasteiger partial charge in [0.1, 0.15) is 5.78 Å².